The molecular weight excluding hydrogens is 520 g/mol. The SMILES string of the molecule is CC(C)C(NC(=O)C(N)Cc1cnc[nH]1)C(=O)NC(Cc1ccc(O)cc1)C(=O)NC(Cc1cnc[nH]1)C(=O)O. The third-order valence-corrected chi connectivity index (χ3v) is 6.18. The van der Waals surface area contributed by atoms with Gasteiger partial charge in [-0.1, -0.05) is 26.0 Å². The summed E-state index contributed by atoms with van der Waals surface area (Å²) in [6.07, 6.45) is 5.97. The Morgan fingerprint density at radius 2 is 1.40 bits per heavy atom. The zero-order valence-corrected chi connectivity index (χ0v) is 22.1. The number of aromatic hydroxyl groups is 1. The number of phenolic OH excluding ortho intramolecular Hbond substituents is 1. The molecule has 14 nitrogen and oxygen atoms in total. The van der Waals surface area contributed by atoms with E-state index in [0.717, 1.165) is 0 Å². The summed E-state index contributed by atoms with van der Waals surface area (Å²) in [6.45, 7) is 3.45. The number of carboxylic acids is 1. The highest BCUT2D eigenvalue weighted by Gasteiger charge is 2.32. The van der Waals surface area contributed by atoms with Crippen LogP contribution in [0.15, 0.2) is 49.3 Å². The first-order valence-electron chi connectivity index (χ1n) is 12.7. The Morgan fingerprint density at radius 1 is 0.825 bits per heavy atom. The number of carbonyl (C=O) groups excluding carboxylic acids is 3. The molecule has 4 unspecified atom stereocenters. The van der Waals surface area contributed by atoms with Gasteiger partial charge in [-0.15, -0.1) is 0 Å². The minimum absolute atomic E-state index is 0.00759. The molecule has 2 heterocycles. The Kier molecular flexibility index (Phi) is 10.4. The molecule has 0 saturated carbocycles. The zero-order valence-electron chi connectivity index (χ0n) is 22.1. The molecule has 214 valence electrons. The quantitative estimate of drug-likeness (QED) is 0.127. The van der Waals surface area contributed by atoms with E-state index in [-0.39, 0.29) is 30.9 Å². The number of nitrogens with zero attached hydrogens (tertiary/aromatic N) is 2. The summed E-state index contributed by atoms with van der Waals surface area (Å²) < 4.78 is 0. The molecule has 0 saturated heterocycles. The second-order valence-corrected chi connectivity index (χ2v) is 9.73. The van der Waals surface area contributed by atoms with Crippen LogP contribution in [0.4, 0.5) is 0 Å². The number of amides is 3. The summed E-state index contributed by atoms with van der Waals surface area (Å²) in [4.78, 5) is 64.7. The fourth-order valence-corrected chi connectivity index (χ4v) is 3.95. The van der Waals surface area contributed by atoms with Crippen molar-refractivity contribution in [1.29, 1.82) is 0 Å². The molecule has 0 aliphatic heterocycles. The highest BCUT2D eigenvalue weighted by molar-refractivity contribution is 5.94. The number of H-pyrrole nitrogens is 2. The van der Waals surface area contributed by atoms with Crippen molar-refractivity contribution in [2.24, 2.45) is 11.7 Å². The smallest absolute Gasteiger partial charge is 0.326 e. The molecular formula is C26H34N8O6. The molecule has 1 aromatic carbocycles. The molecule has 3 rings (SSSR count). The van der Waals surface area contributed by atoms with E-state index in [1.54, 1.807) is 32.2 Å². The fourth-order valence-electron chi connectivity index (χ4n) is 3.95. The maximum Gasteiger partial charge on any atom is 0.326 e. The number of carboxylic acid groups (broad SMARTS) is 1. The predicted molar refractivity (Wildman–Crippen MR) is 143 cm³/mol. The molecule has 40 heavy (non-hydrogen) atoms. The molecule has 4 atom stereocenters. The fraction of sp³-hybridized carbons (Fsp3) is 0.385. The van der Waals surface area contributed by atoms with Gasteiger partial charge in [-0.2, -0.15) is 0 Å². The van der Waals surface area contributed by atoms with Crippen LogP contribution < -0.4 is 21.7 Å². The van der Waals surface area contributed by atoms with Crippen molar-refractivity contribution >= 4 is 23.7 Å². The van der Waals surface area contributed by atoms with Crippen LogP contribution in [-0.2, 0) is 38.4 Å². The largest absolute Gasteiger partial charge is 0.508 e. The van der Waals surface area contributed by atoms with Gasteiger partial charge in [-0.25, -0.2) is 14.8 Å². The van der Waals surface area contributed by atoms with Crippen LogP contribution in [0, 0.1) is 5.92 Å². The third kappa shape index (κ3) is 8.66. The Labute approximate surface area is 230 Å². The number of aromatic amines is 2. The molecule has 3 aromatic rings. The molecule has 0 spiro atoms. The molecule has 3 amide bonds. The summed E-state index contributed by atoms with van der Waals surface area (Å²) in [5.74, 6) is -3.56. The van der Waals surface area contributed by atoms with E-state index in [4.69, 9.17) is 5.73 Å². The first kappa shape index (κ1) is 29.8. The lowest BCUT2D eigenvalue weighted by Crippen LogP contribution is -2.59. The first-order valence-corrected chi connectivity index (χ1v) is 12.7. The summed E-state index contributed by atoms with van der Waals surface area (Å²) >= 11 is 0. The highest BCUT2D eigenvalue weighted by atomic mass is 16.4. The average molecular weight is 555 g/mol. The van der Waals surface area contributed by atoms with Gasteiger partial charge in [0.25, 0.3) is 0 Å². The normalized spacial score (nSPS) is 14.1. The van der Waals surface area contributed by atoms with Crippen LogP contribution in [0.1, 0.15) is 30.8 Å². The zero-order chi connectivity index (χ0) is 29.2. The van der Waals surface area contributed by atoms with Gasteiger partial charge in [-0.3, -0.25) is 14.4 Å². The van der Waals surface area contributed by atoms with Crippen molar-refractivity contribution < 1.29 is 29.4 Å². The monoisotopic (exact) mass is 554 g/mol. The van der Waals surface area contributed by atoms with Crippen LogP contribution in [-0.4, -0.2) is 78.0 Å². The van der Waals surface area contributed by atoms with E-state index >= 15 is 0 Å². The molecule has 0 fully saturated rings. The lowest BCUT2D eigenvalue weighted by Gasteiger charge is -2.27. The number of hydrogen-bond acceptors (Lipinski definition) is 8. The number of carbonyl (C=O) groups is 4. The molecule has 0 aliphatic rings. The van der Waals surface area contributed by atoms with Gasteiger partial charge in [0.05, 0.1) is 18.7 Å². The summed E-state index contributed by atoms with van der Waals surface area (Å²) in [5, 5.41) is 27.1. The average Bonchev–Trinajstić information content (AvgIpc) is 3.61. The number of aromatic nitrogens is 4. The lowest BCUT2D eigenvalue weighted by molar-refractivity contribution is -0.142. The summed E-state index contributed by atoms with van der Waals surface area (Å²) in [6, 6.07) is 1.55. The van der Waals surface area contributed by atoms with E-state index in [1.165, 1.54) is 31.0 Å². The molecule has 2 aromatic heterocycles. The summed E-state index contributed by atoms with van der Waals surface area (Å²) in [7, 11) is 0. The maximum atomic E-state index is 13.4. The van der Waals surface area contributed by atoms with E-state index in [9.17, 15) is 29.4 Å². The Bertz CT molecular complexity index is 1260. The van der Waals surface area contributed by atoms with Gasteiger partial charge in [0, 0.05) is 43.0 Å². The van der Waals surface area contributed by atoms with Crippen molar-refractivity contribution in [3.05, 3.63) is 66.3 Å². The number of hydrogen-bond donors (Lipinski definition) is 8. The van der Waals surface area contributed by atoms with Gasteiger partial charge < -0.3 is 41.9 Å². The number of phenols is 1. The van der Waals surface area contributed by atoms with Crippen LogP contribution in [0.25, 0.3) is 0 Å². The highest BCUT2D eigenvalue weighted by Crippen LogP contribution is 2.13. The molecule has 14 heteroatoms. The van der Waals surface area contributed by atoms with Crippen molar-refractivity contribution in [3.63, 3.8) is 0 Å². The second kappa shape index (κ2) is 13.9. The van der Waals surface area contributed by atoms with E-state index in [2.05, 4.69) is 35.9 Å². The van der Waals surface area contributed by atoms with E-state index in [0.29, 0.717) is 17.0 Å². The number of benzene rings is 1. The Hall–Kier alpha value is -4.72. The van der Waals surface area contributed by atoms with Gasteiger partial charge in [0.2, 0.25) is 17.7 Å². The molecule has 0 bridgehead atoms. The lowest BCUT2D eigenvalue weighted by atomic mass is 10.00. The van der Waals surface area contributed by atoms with Crippen LogP contribution in [0.5, 0.6) is 5.75 Å². The van der Waals surface area contributed by atoms with Gasteiger partial charge in [0.15, 0.2) is 0 Å². The first-order chi connectivity index (χ1) is 19.0. The second-order valence-electron chi connectivity index (χ2n) is 9.73. The van der Waals surface area contributed by atoms with Crippen molar-refractivity contribution in [2.75, 3.05) is 0 Å². The Morgan fingerprint density at radius 3 is 1.93 bits per heavy atom. The minimum Gasteiger partial charge on any atom is -0.508 e. The molecule has 9 N–H and O–H groups in total. The van der Waals surface area contributed by atoms with Crippen LogP contribution >= 0.6 is 0 Å². The Balaban J connectivity index is 1.75. The van der Waals surface area contributed by atoms with Crippen LogP contribution in [0.2, 0.25) is 0 Å². The topological polar surface area (TPSA) is 228 Å². The number of rotatable bonds is 14. The molecule has 0 radical (unpaired) electrons. The van der Waals surface area contributed by atoms with Gasteiger partial charge in [-0.05, 0) is 23.6 Å². The number of nitrogens with one attached hydrogen (secondary N) is 5. The maximum absolute atomic E-state index is 13.4. The number of nitrogens with two attached hydrogens (primary N) is 1. The van der Waals surface area contributed by atoms with E-state index < -0.39 is 47.9 Å². The summed E-state index contributed by atoms with van der Waals surface area (Å²) in [5.41, 5.74) is 7.78. The molecule has 0 aliphatic carbocycles. The van der Waals surface area contributed by atoms with Crippen molar-refractivity contribution in [1.82, 2.24) is 35.9 Å². The van der Waals surface area contributed by atoms with Crippen molar-refractivity contribution in [3.8, 4) is 5.75 Å². The third-order valence-electron chi connectivity index (χ3n) is 6.18. The van der Waals surface area contributed by atoms with E-state index in [1.807, 2.05) is 0 Å². The predicted octanol–water partition coefficient (Wildman–Crippen LogP) is -0.611. The van der Waals surface area contributed by atoms with Crippen LogP contribution in [0.3, 0.4) is 0 Å². The number of imidazole rings is 2. The van der Waals surface area contributed by atoms with Gasteiger partial charge in [0.1, 0.15) is 23.9 Å². The van der Waals surface area contributed by atoms with Gasteiger partial charge >= 0.3 is 5.97 Å². The standard InChI is InChI=1S/C26H34N8O6/c1-14(2)22(34-23(36)19(27)8-16-10-28-12-30-16)25(38)32-20(7-15-3-5-18(35)6-4-15)24(37)33-21(26(39)40)9-17-11-29-13-31-17/h3-6,10-14,19-22,35H,7-9,27H2,1-2H3,(H,28,30)(H,29,31)(H,32,38)(H,33,37)(H,34,36)(H,39,40). The number of aliphatic carboxylic acids is 1. The minimum atomic E-state index is -1.30. The van der Waals surface area contributed by atoms with Crippen molar-refractivity contribution in [2.45, 2.75) is 57.3 Å².